The van der Waals surface area contributed by atoms with Gasteiger partial charge in [0.1, 0.15) is 6.04 Å². The van der Waals surface area contributed by atoms with Gasteiger partial charge in [-0.05, 0) is 36.6 Å². The van der Waals surface area contributed by atoms with Gasteiger partial charge >= 0.3 is 5.97 Å². The van der Waals surface area contributed by atoms with E-state index in [1.807, 2.05) is 25.1 Å². The van der Waals surface area contributed by atoms with E-state index in [1.54, 1.807) is 6.92 Å². The van der Waals surface area contributed by atoms with Crippen molar-refractivity contribution < 1.29 is 9.53 Å². The van der Waals surface area contributed by atoms with E-state index in [0.29, 0.717) is 13.2 Å². The van der Waals surface area contributed by atoms with Crippen LogP contribution in [0.3, 0.4) is 0 Å². The fraction of sp³-hybridized carbons (Fsp3) is 0.462. The molecule has 0 aliphatic carbocycles. The SMILES string of the molecule is CCOC(=O)C(NCCN=[N+]=[N-])c1ccc(C)c(Br)c1. The molecular formula is C13H17BrN4O2. The summed E-state index contributed by atoms with van der Waals surface area (Å²) in [6.07, 6.45) is 0. The Morgan fingerprint density at radius 3 is 2.95 bits per heavy atom. The lowest BCUT2D eigenvalue weighted by atomic mass is 10.1. The molecule has 0 heterocycles. The quantitative estimate of drug-likeness (QED) is 0.271. The van der Waals surface area contributed by atoms with Gasteiger partial charge in [-0.1, -0.05) is 33.2 Å². The van der Waals surface area contributed by atoms with Crippen LogP contribution in [0.15, 0.2) is 27.8 Å². The van der Waals surface area contributed by atoms with Crippen molar-refractivity contribution in [2.24, 2.45) is 5.11 Å². The molecular weight excluding hydrogens is 324 g/mol. The molecule has 1 aromatic carbocycles. The predicted molar refractivity (Wildman–Crippen MR) is 80.3 cm³/mol. The second kappa shape index (κ2) is 8.58. The lowest BCUT2D eigenvalue weighted by molar-refractivity contribution is -0.145. The van der Waals surface area contributed by atoms with Crippen molar-refractivity contribution in [3.8, 4) is 0 Å². The highest BCUT2D eigenvalue weighted by Gasteiger charge is 2.21. The third-order valence-electron chi connectivity index (χ3n) is 2.68. The van der Waals surface area contributed by atoms with Crippen molar-refractivity contribution in [1.29, 1.82) is 0 Å². The third-order valence-corrected chi connectivity index (χ3v) is 3.53. The van der Waals surface area contributed by atoms with E-state index in [-0.39, 0.29) is 12.5 Å². The van der Waals surface area contributed by atoms with E-state index in [4.69, 9.17) is 10.3 Å². The number of carbonyl (C=O) groups excluding carboxylic acids is 1. The molecule has 7 heteroatoms. The molecule has 0 aliphatic rings. The highest BCUT2D eigenvalue weighted by atomic mass is 79.9. The van der Waals surface area contributed by atoms with Crippen LogP contribution in [-0.4, -0.2) is 25.7 Å². The van der Waals surface area contributed by atoms with Gasteiger partial charge in [-0.2, -0.15) is 0 Å². The first-order valence-corrected chi connectivity index (χ1v) is 7.06. The van der Waals surface area contributed by atoms with Gasteiger partial charge in [0.05, 0.1) is 6.61 Å². The summed E-state index contributed by atoms with van der Waals surface area (Å²) >= 11 is 3.45. The van der Waals surface area contributed by atoms with E-state index in [2.05, 4.69) is 31.3 Å². The van der Waals surface area contributed by atoms with Crippen molar-refractivity contribution in [3.05, 3.63) is 44.2 Å². The number of carbonyl (C=O) groups is 1. The van der Waals surface area contributed by atoms with Crippen LogP contribution in [0.2, 0.25) is 0 Å². The zero-order valence-corrected chi connectivity index (χ0v) is 13.1. The van der Waals surface area contributed by atoms with E-state index in [1.165, 1.54) is 0 Å². The number of nitrogens with one attached hydrogen (secondary N) is 1. The second-order valence-corrected chi connectivity index (χ2v) is 4.96. The Morgan fingerprint density at radius 1 is 1.60 bits per heavy atom. The molecule has 0 spiro atoms. The number of hydrogen-bond acceptors (Lipinski definition) is 4. The van der Waals surface area contributed by atoms with Crippen molar-refractivity contribution in [1.82, 2.24) is 5.32 Å². The first-order chi connectivity index (χ1) is 9.60. The lowest BCUT2D eigenvalue weighted by Crippen LogP contribution is -2.32. The predicted octanol–water partition coefficient (Wildman–Crippen LogP) is 3.26. The Hall–Kier alpha value is -1.56. The number of nitrogens with zero attached hydrogens (tertiary/aromatic N) is 3. The van der Waals surface area contributed by atoms with Gasteiger partial charge in [0.25, 0.3) is 0 Å². The summed E-state index contributed by atoms with van der Waals surface area (Å²) in [5.41, 5.74) is 10.1. The van der Waals surface area contributed by atoms with E-state index in [0.717, 1.165) is 15.6 Å². The Morgan fingerprint density at radius 2 is 2.35 bits per heavy atom. The molecule has 108 valence electrons. The third kappa shape index (κ3) is 4.85. The molecule has 1 aromatic rings. The van der Waals surface area contributed by atoms with Crippen LogP contribution < -0.4 is 5.32 Å². The summed E-state index contributed by atoms with van der Waals surface area (Å²) < 4.78 is 6.00. The average molecular weight is 341 g/mol. The molecule has 1 N–H and O–H groups in total. The van der Waals surface area contributed by atoms with E-state index < -0.39 is 6.04 Å². The van der Waals surface area contributed by atoms with Gasteiger partial charge in [-0.15, -0.1) is 0 Å². The standard InChI is InChI=1S/C13H17BrN4O2/c1-3-20-13(19)12(16-6-7-17-18-15)10-5-4-9(2)11(14)8-10/h4-5,8,12,16H,3,6-7H2,1-2H3. The van der Waals surface area contributed by atoms with Crippen LogP contribution in [-0.2, 0) is 9.53 Å². The van der Waals surface area contributed by atoms with Crippen LogP contribution in [0, 0.1) is 6.92 Å². The van der Waals surface area contributed by atoms with Gasteiger partial charge in [-0.3, -0.25) is 0 Å². The molecule has 0 fully saturated rings. The minimum absolute atomic E-state index is 0.277. The molecule has 1 atom stereocenters. The van der Waals surface area contributed by atoms with Crippen LogP contribution in [0.4, 0.5) is 0 Å². The largest absolute Gasteiger partial charge is 0.465 e. The maximum atomic E-state index is 12.0. The number of rotatable bonds is 7. The zero-order chi connectivity index (χ0) is 15.0. The maximum Gasteiger partial charge on any atom is 0.327 e. The number of aryl methyl sites for hydroxylation is 1. The average Bonchev–Trinajstić information content (AvgIpc) is 2.42. The molecule has 0 bridgehead atoms. The Bertz CT molecular complexity index is 515. The molecule has 20 heavy (non-hydrogen) atoms. The zero-order valence-electron chi connectivity index (χ0n) is 11.5. The minimum Gasteiger partial charge on any atom is -0.465 e. The molecule has 1 rings (SSSR count). The normalized spacial score (nSPS) is 11.6. The lowest BCUT2D eigenvalue weighted by Gasteiger charge is -2.18. The summed E-state index contributed by atoms with van der Waals surface area (Å²) in [6.45, 7) is 4.74. The number of halogens is 1. The first-order valence-electron chi connectivity index (χ1n) is 6.27. The topological polar surface area (TPSA) is 87.1 Å². The first kappa shape index (κ1) is 16.5. The van der Waals surface area contributed by atoms with Crippen LogP contribution in [0.1, 0.15) is 24.1 Å². The Kier molecular flexibility index (Phi) is 7.08. The summed E-state index contributed by atoms with van der Waals surface area (Å²) in [5, 5.41) is 6.47. The summed E-state index contributed by atoms with van der Waals surface area (Å²) in [7, 11) is 0. The van der Waals surface area contributed by atoms with Gasteiger partial charge in [0.15, 0.2) is 0 Å². The van der Waals surface area contributed by atoms with Gasteiger partial charge < -0.3 is 10.1 Å². The minimum atomic E-state index is -0.569. The molecule has 0 aliphatic heterocycles. The molecule has 6 nitrogen and oxygen atoms in total. The summed E-state index contributed by atoms with van der Waals surface area (Å²) in [6, 6.07) is 5.13. The fourth-order valence-electron chi connectivity index (χ4n) is 1.66. The van der Waals surface area contributed by atoms with Gasteiger partial charge in [0.2, 0.25) is 0 Å². The number of benzene rings is 1. The molecule has 0 radical (unpaired) electrons. The highest BCUT2D eigenvalue weighted by molar-refractivity contribution is 9.10. The van der Waals surface area contributed by atoms with Gasteiger partial charge in [0, 0.05) is 22.5 Å². The molecule has 0 amide bonds. The molecule has 0 aromatic heterocycles. The smallest absolute Gasteiger partial charge is 0.327 e. The summed E-state index contributed by atoms with van der Waals surface area (Å²) in [5.74, 6) is -0.343. The van der Waals surface area contributed by atoms with Gasteiger partial charge in [-0.25, -0.2) is 4.79 Å². The Balaban J connectivity index is 2.87. The molecule has 0 saturated carbocycles. The van der Waals surface area contributed by atoms with Crippen molar-refractivity contribution in [2.75, 3.05) is 19.7 Å². The Labute approximate surface area is 126 Å². The van der Waals surface area contributed by atoms with E-state index >= 15 is 0 Å². The second-order valence-electron chi connectivity index (χ2n) is 4.10. The van der Waals surface area contributed by atoms with Crippen molar-refractivity contribution in [2.45, 2.75) is 19.9 Å². The van der Waals surface area contributed by atoms with Crippen molar-refractivity contribution >= 4 is 21.9 Å². The summed E-state index contributed by atoms with van der Waals surface area (Å²) in [4.78, 5) is 14.7. The van der Waals surface area contributed by atoms with E-state index in [9.17, 15) is 4.79 Å². The molecule has 0 saturated heterocycles. The molecule has 1 unspecified atom stereocenters. The number of hydrogen-bond donors (Lipinski definition) is 1. The number of azide groups is 1. The fourth-order valence-corrected chi connectivity index (χ4v) is 2.05. The number of esters is 1. The van der Waals surface area contributed by atoms with Crippen molar-refractivity contribution in [3.63, 3.8) is 0 Å². The maximum absolute atomic E-state index is 12.0. The van der Waals surface area contributed by atoms with Crippen LogP contribution in [0.5, 0.6) is 0 Å². The van der Waals surface area contributed by atoms with Crippen LogP contribution in [0.25, 0.3) is 10.4 Å². The highest BCUT2D eigenvalue weighted by Crippen LogP contribution is 2.22. The van der Waals surface area contributed by atoms with Crippen LogP contribution >= 0.6 is 15.9 Å². The number of ether oxygens (including phenoxy) is 1. The monoisotopic (exact) mass is 340 g/mol.